The summed E-state index contributed by atoms with van der Waals surface area (Å²) < 4.78 is 25.8. The van der Waals surface area contributed by atoms with Crippen LogP contribution in [0, 0.1) is 0 Å². The van der Waals surface area contributed by atoms with E-state index >= 15 is 0 Å². The van der Waals surface area contributed by atoms with E-state index in [1.165, 1.54) is 0 Å². The van der Waals surface area contributed by atoms with Crippen LogP contribution in [0.2, 0.25) is 0 Å². The number of para-hydroxylation sites is 1. The first kappa shape index (κ1) is 10.5. The van der Waals surface area contributed by atoms with E-state index < -0.39 is 10.0 Å². The molecular formula is C11H15NO2S. The molecule has 0 aliphatic carbocycles. The standard InChI is InChI=1S/C11H15NO2S/c1-11(2)7-8-15(13,14)12-10-6-4-3-5-9(10)11/h3-6,12H,7-8H2,1-2H3. The second-order valence-electron chi connectivity index (χ2n) is 4.60. The molecule has 0 aromatic heterocycles. The van der Waals surface area contributed by atoms with Crippen LogP contribution >= 0.6 is 0 Å². The van der Waals surface area contributed by atoms with Crippen molar-refractivity contribution >= 4 is 15.7 Å². The van der Waals surface area contributed by atoms with Crippen molar-refractivity contribution < 1.29 is 8.42 Å². The van der Waals surface area contributed by atoms with Crippen LogP contribution in [0.1, 0.15) is 25.8 Å². The second-order valence-corrected chi connectivity index (χ2v) is 6.44. The fourth-order valence-electron chi connectivity index (χ4n) is 1.91. The Kier molecular flexibility index (Phi) is 2.26. The number of nitrogens with one attached hydrogen (secondary N) is 1. The van der Waals surface area contributed by atoms with Gasteiger partial charge in [0, 0.05) is 0 Å². The van der Waals surface area contributed by atoms with Gasteiger partial charge in [-0.2, -0.15) is 0 Å². The molecular weight excluding hydrogens is 210 g/mol. The summed E-state index contributed by atoms with van der Waals surface area (Å²) in [5, 5.41) is 0. The zero-order chi connectivity index (χ0) is 11.1. The SMILES string of the molecule is CC1(C)CCS(=O)(=O)Nc2ccccc21. The lowest BCUT2D eigenvalue weighted by atomic mass is 9.81. The van der Waals surface area contributed by atoms with E-state index in [1.54, 1.807) is 0 Å². The molecule has 0 bridgehead atoms. The number of anilines is 1. The van der Waals surface area contributed by atoms with E-state index in [0.29, 0.717) is 6.42 Å². The predicted octanol–water partition coefficient (Wildman–Crippen LogP) is 2.11. The first-order chi connectivity index (χ1) is 6.91. The van der Waals surface area contributed by atoms with Gasteiger partial charge in [0.25, 0.3) is 0 Å². The van der Waals surface area contributed by atoms with Gasteiger partial charge < -0.3 is 0 Å². The summed E-state index contributed by atoms with van der Waals surface area (Å²) in [6, 6.07) is 7.60. The van der Waals surface area contributed by atoms with E-state index in [1.807, 2.05) is 24.3 Å². The van der Waals surface area contributed by atoms with Gasteiger partial charge in [-0.25, -0.2) is 8.42 Å². The van der Waals surface area contributed by atoms with Gasteiger partial charge in [0.1, 0.15) is 0 Å². The van der Waals surface area contributed by atoms with Crippen LogP contribution in [-0.4, -0.2) is 14.2 Å². The normalized spacial score (nSPS) is 22.3. The lowest BCUT2D eigenvalue weighted by molar-refractivity contribution is 0.507. The molecule has 0 spiro atoms. The maximum absolute atomic E-state index is 11.6. The van der Waals surface area contributed by atoms with Gasteiger partial charge >= 0.3 is 0 Å². The highest BCUT2D eigenvalue weighted by atomic mass is 32.2. The molecule has 0 fully saturated rings. The quantitative estimate of drug-likeness (QED) is 0.735. The minimum atomic E-state index is -3.15. The summed E-state index contributed by atoms with van der Waals surface area (Å²) in [4.78, 5) is 0. The number of hydrogen-bond donors (Lipinski definition) is 1. The Labute approximate surface area is 90.6 Å². The average Bonchev–Trinajstić information content (AvgIpc) is 2.23. The van der Waals surface area contributed by atoms with E-state index in [4.69, 9.17) is 0 Å². The van der Waals surface area contributed by atoms with E-state index in [2.05, 4.69) is 18.6 Å². The van der Waals surface area contributed by atoms with Gasteiger partial charge in [-0.1, -0.05) is 32.0 Å². The van der Waals surface area contributed by atoms with Gasteiger partial charge in [-0.15, -0.1) is 0 Å². The zero-order valence-electron chi connectivity index (χ0n) is 8.95. The highest BCUT2D eigenvalue weighted by molar-refractivity contribution is 7.92. The molecule has 1 aliphatic rings. The van der Waals surface area contributed by atoms with Gasteiger partial charge in [-0.05, 0) is 23.5 Å². The molecule has 1 aromatic carbocycles. The van der Waals surface area contributed by atoms with Crippen LogP contribution in [0.25, 0.3) is 0 Å². The number of benzene rings is 1. The molecule has 1 heterocycles. The Bertz CT molecular complexity index is 477. The molecule has 4 heteroatoms. The number of fused-ring (bicyclic) bond motifs is 1. The zero-order valence-corrected chi connectivity index (χ0v) is 9.76. The monoisotopic (exact) mass is 225 g/mol. The van der Waals surface area contributed by atoms with Gasteiger partial charge in [0.05, 0.1) is 11.4 Å². The molecule has 1 aliphatic heterocycles. The molecule has 0 saturated heterocycles. The van der Waals surface area contributed by atoms with Crippen LogP contribution in [0.15, 0.2) is 24.3 Å². The fourth-order valence-corrected chi connectivity index (χ4v) is 3.30. The summed E-state index contributed by atoms with van der Waals surface area (Å²) in [5.74, 6) is 0.189. The number of rotatable bonds is 0. The van der Waals surface area contributed by atoms with E-state index in [9.17, 15) is 8.42 Å². The second kappa shape index (κ2) is 3.23. The third-order valence-corrected chi connectivity index (χ3v) is 4.19. The van der Waals surface area contributed by atoms with E-state index in [-0.39, 0.29) is 11.2 Å². The average molecular weight is 225 g/mol. The van der Waals surface area contributed by atoms with Crippen molar-refractivity contribution in [3.63, 3.8) is 0 Å². The minimum absolute atomic E-state index is 0.0901. The molecule has 82 valence electrons. The van der Waals surface area contributed by atoms with E-state index in [0.717, 1.165) is 11.3 Å². The van der Waals surface area contributed by atoms with Crippen LogP contribution in [0.5, 0.6) is 0 Å². The van der Waals surface area contributed by atoms with Crippen molar-refractivity contribution in [1.82, 2.24) is 0 Å². The van der Waals surface area contributed by atoms with Gasteiger partial charge in [0.15, 0.2) is 0 Å². The largest absolute Gasteiger partial charge is 0.283 e. The Balaban J connectivity index is 2.59. The highest BCUT2D eigenvalue weighted by Crippen LogP contribution is 2.36. The third kappa shape index (κ3) is 2.00. The Morgan fingerprint density at radius 2 is 1.93 bits per heavy atom. The fraction of sp³-hybridized carbons (Fsp3) is 0.455. The molecule has 0 unspecified atom stereocenters. The lowest BCUT2D eigenvalue weighted by Crippen LogP contribution is -2.19. The van der Waals surface area contributed by atoms with Crippen molar-refractivity contribution in [2.24, 2.45) is 0 Å². The summed E-state index contributed by atoms with van der Waals surface area (Å²) >= 11 is 0. The first-order valence-electron chi connectivity index (χ1n) is 5.01. The van der Waals surface area contributed by atoms with Gasteiger partial charge in [-0.3, -0.25) is 4.72 Å². The molecule has 0 saturated carbocycles. The van der Waals surface area contributed by atoms with Crippen molar-refractivity contribution in [3.8, 4) is 0 Å². The molecule has 0 radical (unpaired) electrons. The lowest BCUT2D eigenvalue weighted by Gasteiger charge is -2.23. The maximum atomic E-state index is 11.6. The van der Waals surface area contributed by atoms with Crippen molar-refractivity contribution in [2.45, 2.75) is 25.7 Å². The number of hydrogen-bond acceptors (Lipinski definition) is 2. The van der Waals surface area contributed by atoms with Crippen LogP contribution in [0.4, 0.5) is 5.69 Å². The first-order valence-corrected chi connectivity index (χ1v) is 6.66. The highest BCUT2D eigenvalue weighted by Gasteiger charge is 2.30. The molecule has 1 N–H and O–H groups in total. The summed E-state index contributed by atoms with van der Waals surface area (Å²) in [5.41, 5.74) is 1.71. The summed E-state index contributed by atoms with van der Waals surface area (Å²) in [7, 11) is -3.15. The van der Waals surface area contributed by atoms with Crippen molar-refractivity contribution in [1.29, 1.82) is 0 Å². The minimum Gasteiger partial charge on any atom is -0.283 e. The molecule has 0 atom stereocenters. The molecule has 1 aromatic rings. The van der Waals surface area contributed by atoms with Crippen molar-refractivity contribution in [2.75, 3.05) is 10.5 Å². The maximum Gasteiger partial charge on any atom is 0.232 e. The predicted molar refractivity (Wildman–Crippen MR) is 61.5 cm³/mol. The number of sulfonamides is 1. The molecule has 2 rings (SSSR count). The van der Waals surface area contributed by atoms with Crippen molar-refractivity contribution in [3.05, 3.63) is 29.8 Å². The smallest absolute Gasteiger partial charge is 0.232 e. The van der Waals surface area contributed by atoms with Crippen LogP contribution in [0.3, 0.4) is 0 Å². The Hall–Kier alpha value is -1.03. The Morgan fingerprint density at radius 1 is 1.27 bits per heavy atom. The topological polar surface area (TPSA) is 46.2 Å². The van der Waals surface area contributed by atoms with Crippen LogP contribution in [-0.2, 0) is 15.4 Å². The Morgan fingerprint density at radius 3 is 2.67 bits per heavy atom. The summed E-state index contributed by atoms with van der Waals surface area (Å²) in [6.07, 6.45) is 0.652. The molecule has 0 amide bonds. The molecule has 3 nitrogen and oxygen atoms in total. The van der Waals surface area contributed by atoms with Crippen LogP contribution < -0.4 is 4.72 Å². The third-order valence-electron chi connectivity index (χ3n) is 2.92. The molecule has 15 heavy (non-hydrogen) atoms. The summed E-state index contributed by atoms with van der Waals surface area (Å²) in [6.45, 7) is 4.16. The van der Waals surface area contributed by atoms with Gasteiger partial charge in [0.2, 0.25) is 10.0 Å².